The fraction of sp³-hybridized carbons (Fsp3) is 0.667. The average molecular weight is 235 g/mol. The zero-order valence-electron chi connectivity index (χ0n) is 11.4. The summed E-state index contributed by atoms with van der Waals surface area (Å²) in [5.74, 6) is 0. The predicted octanol–water partition coefficient (Wildman–Crippen LogP) is 3.52. The minimum absolute atomic E-state index is 0.615. The Balaban J connectivity index is 2.50. The van der Waals surface area contributed by atoms with Gasteiger partial charge in [0.25, 0.3) is 0 Å². The second-order valence-corrected chi connectivity index (χ2v) is 5.14. The molecule has 0 saturated carbocycles. The quantitative estimate of drug-likeness (QED) is 0.734. The third-order valence-corrected chi connectivity index (χ3v) is 3.18. The molecule has 0 aliphatic rings. The number of pyridine rings is 1. The van der Waals surface area contributed by atoms with Gasteiger partial charge in [-0.25, -0.2) is 0 Å². The number of aliphatic hydroxyl groups is 1. The Morgan fingerprint density at radius 1 is 1.24 bits per heavy atom. The summed E-state index contributed by atoms with van der Waals surface area (Å²) in [6, 6.07) is 4.14. The maximum Gasteiger partial charge on any atom is 0.0675 e. The second kappa shape index (κ2) is 6.75. The predicted molar refractivity (Wildman–Crippen MR) is 72.1 cm³/mol. The van der Waals surface area contributed by atoms with Gasteiger partial charge < -0.3 is 5.11 Å². The summed E-state index contributed by atoms with van der Waals surface area (Å²) in [5.41, 5.74) is 1.62. The minimum Gasteiger partial charge on any atom is -0.390 e. The summed E-state index contributed by atoms with van der Waals surface area (Å²) >= 11 is 0. The van der Waals surface area contributed by atoms with Crippen LogP contribution in [0.15, 0.2) is 18.3 Å². The lowest BCUT2D eigenvalue weighted by Crippen LogP contribution is -2.27. The minimum atomic E-state index is -0.615. The number of nitrogens with zero attached hydrogens (tertiary/aromatic N) is 1. The van der Waals surface area contributed by atoms with Crippen molar-refractivity contribution in [2.45, 2.75) is 64.9 Å². The fourth-order valence-electron chi connectivity index (χ4n) is 2.00. The normalized spacial score (nSPS) is 14.6. The van der Waals surface area contributed by atoms with E-state index in [0.717, 1.165) is 25.0 Å². The maximum atomic E-state index is 10.3. The van der Waals surface area contributed by atoms with Gasteiger partial charge in [-0.1, -0.05) is 39.2 Å². The third-order valence-electron chi connectivity index (χ3n) is 3.18. The van der Waals surface area contributed by atoms with Crippen LogP contribution in [-0.2, 0) is 12.8 Å². The Morgan fingerprint density at radius 2 is 2.00 bits per heavy atom. The van der Waals surface area contributed by atoms with Crippen LogP contribution in [0.4, 0.5) is 0 Å². The SMILES string of the molecule is CCCCCC(C)(O)Cc1ccc(CC)cn1. The van der Waals surface area contributed by atoms with Crippen LogP contribution in [0.1, 0.15) is 57.7 Å². The van der Waals surface area contributed by atoms with Crippen molar-refractivity contribution in [3.05, 3.63) is 29.6 Å². The summed E-state index contributed by atoms with van der Waals surface area (Å²) in [7, 11) is 0. The van der Waals surface area contributed by atoms with Gasteiger partial charge >= 0.3 is 0 Å². The van der Waals surface area contributed by atoms with Crippen LogP contribution in [0.5, 0.6) is 0 Å². The molecule has 1 unspecified atom stereocenters. The molecule has 0 amide bonds. The Kier molecular flexibility index (Phi) is 5.63. The first-order chi connectivity index (χ1) is 8.07. The smallest absolute Gasteiger partial charge is 0.0675 e. The highest BCUT2D eigenvalue weighted by Gasteiger charge is 2.20. The lowest BCUT2D eigenvalue weighted by molar-refractivity contribution is 0.0476. The van der Waals surface area contributed by atoms with Gasteiger partial charge in [-0.3, -0.25) is 4.98 Å². The molecule has 0 aliphatic heterocycles. The zero-order valence-corrected chi connectivity index (χ0v) is 11.4. The van der Waals surface area contributed by atoms with Gasteiger partial charge in [0.05, 0.1) is 5.60 Å². The average Bonchev–Trinajstić information content (AvgIpc) is 2.30. The molecular weight excluding hydrogens is 210 g/mol. The Bertz CT molecular complexity index is 316. The number of rotatable bonds is 7. The van der Waals surface area contributed by atoms with E-state index in [-0.39, 0.29) is 0 Å². The Labute approximate surface area is 105 Å². The van der Waals surface area contributed by atoms with E-state index in [1.807, 2.05) is 19.2 Å². The standard InChI is InChI=1S/C15H25NO/c1-4-6-7-10-15(3,17)11-14-9-8-13(5-2)12-16-14/h8-9,12,17H,4-7,10-11H2,1-3H3. The molecule has 1 aromatic heterocycles. The molecule has 1 rings (SSSR count). The van der Waals surface area contributed by atoms with Crippen LogP contribution in [0.2, 0.25) is 0 Å². The van der Waals surface area contributed by atoms with Gasteiger partial charge in [0.15, 0.2) is 0 Å². The summed E-state index contributed by atoms with van der Waals surface area (Å²) < 4.78 is 0. The van der Waals surface area contributed by atoms with Crippen LogP contribution >= 0.6 is 0 Å². The molecule has 0 fully saturated rings. The van der Waals surface area contributed by atoms with Gasteiger partial charge in [0, 0.05) is 18.3 Å². The highest BCUT2D eigenvalue weighted by molar-refractivity contribution is 5.15. The van der Waals surface area contributed by atoms with E-state index < -0.39 is 5.60 Å². The van der Waals surface area contributed by atoms with Crippen LogP contribution in [0.3, 0.4) is 0 Å². The van der Waals surface area contributed by atoms with E-state index >= 15 is 0 Å². The summed E-state index contributed by atoms with van der Waals surface area (Å²) in [4.78, 5) is 4.40. The molecule has 17 heavy (non-hydrogen) atoms. The number of unbranched alkanes of at least 4 members (excludes halogenated alkanes) is 2. The van der Waals surface area contributed by atoms with Gasteiger partial charge in [-0.05, 0) is 31.4 Å². The highest BCUT2D eigenvalue weighted by atomic mass is 16.3. The van der Waals surface area contributed by atoms with Gasteiger partial charge in [-0.2, -0.15) is 0 Å². The van der Waals surface area contributed by atoms with Crippen LogP contribution in [0.25, 0.3) is 0 Å². The van der Waals surface area contributed by atoms with E-state index in [4.69, 9.17) is 0 Å². The third kappa shape index (κ3) is 5.31. The van der Waals surface area contributed by atoms with E-state index in [9.17, 15) is 5.11 Å². The lowest BCUT2D eigenvalue weighted by Gasteiger charge is -2.22. The first-order valence-electron chi connectivity index (χ1n) is 6.73. The summed E-state index contributed by atoms with van der Waals surface area (Å²) in [5, 5.41) is 10.3. The van der Waals surface area contributed by atoms with Crippen molar-refractivity contribution in [3.8, 4) is 0 Å². The molecule has 96 valence electrons. The summed E-state index contributed by atoms with van der Waals surface area (Å²) in [6.07, 6.45) is 7.92. The van der Waals surface area contributed by atoms with Crippen molar-refractivity contribution in [2.75, 3.05) is 0 Å². The molecule has 0 bridgehead atoms. The van der Waals surface area contributed by atoms with E-state index in [0.29, 0.717) is 6.42 Å². The molecule has 0 spiro atoms. The molecule has 0 saturated heterocycles. The Hall–Kier alpha value is -0.890. The molecule has 1 aromatic rings. The molecule has 1 N–H and O–H groups in total. The number of hydrogen-bond donors (Lipinski definition) is 1. The van der Waals surface area contributed by atoms with E-state index in [2.05, 4.69) is 24.9 Å². The number of aromatic nitrogens is 1. The highest BCUT2D eigenvalue weighted by Crippen LogP contribution is 2.19. The monoisotopic (exact) mass is 235 g/mol. The van der Waals surface area contributed by atoms with E-state index in [1.165, 1.54) is 18.4 Å². The molecule has 0 radical (unpaired) electrons. The molecular formula is C15H25NO. The van der Waals surface area contributed by atoms with Crippen molar-refractivity contribution in [3.63, 3.8) is 0 Å². The molecule has 2 heteroatoms. The molecule has 1 heterocycles. The van der Waals surface area contributed by atoms with Gasteiger partial charge in [0.2, 0.25) is 0 Å². The molecule has 0 aliphatic carbocycles. The van der Waals surface area contributed by atoms with Gasteiger partial charge in [0.1, 0.15) is 0 Å². The zero-order chi connectivity index (χ0) is 12.7. The number of aryl methyl sites for hydroxylation is 1. The lowest BCUT2D eigenvalue weighted by atomic mass is 9.93. The Morgan fingerprint density at radius 3 is 2.53 bits per heavy atom. The molecule has 1 atom stereocenters. The largest absolute Gasteiger partial charge is 0.390 e. The molecule has 0 aromatic carbocycles. The summed E-state index contributed by atoms with van der Waals surface area (Å²) in [6.45, 7) is 6.22. The van der Waals surface area contributed by atoms with Crippen LogP contribution in [-0.4, -0.2) is 15.7 Å². The van der Waals surface area contributed by atoms with Gasteiger partial charge in [-0.15, -0.1) is 0 Å². The van der Waals surface area contributed by atoms with Crippen molar-refractivity contribution in [1.82, 2.24) is 4.98 Å². The first-order valence-corrected chi connectivity index (χ1v) is 6.73. The van der Waals surface area contributed by atoms with Crippen LogP contribution < -0.4 is 0 Å². The van der Waals surface area contributed by atoms with Crippen LogP contribution in [0, 0.1) is 0 Å². The molecule has 2 nitrogen and oxygen atoms in total. The van der Waals surface area contributed by atoms with Crippen molar-refractivity contribution < 1.29 is 5.11 Å². The number of hydrogen-bond acceptors (Lipinski definition) is 2. The van der Waals surface area contributed by atoms with E-state index in [1.54, 1.807) is 0 Å². The first kappa shape index (κ1) is 14.2. The van der Waals surface area contributed by atoms with Crippen molar-refractivity contribution in [1.29, 1.82) is 0 Å². The van der Waals surface area contributed by atoms with Crippen molar-refractivity contribution >= 4 is 0 Å². The van der Waals surface area contributed by atoms with Crippen molar-refractivity contribution in [2.24, 2.45) is 0 Å². The topological polar surface area (TPSA) is 33.1 Å². The fourth-order valence-corrected chi connectivity index (χ4v) is 2.00. The maximum absolute atomic E-state index is 10.3. The second-order valence-electron chi connectivity index (χ2n) is 5.14.